The molecule has 3 rings (SSSR count). The summed E-state index contributed by atoms with van der Waals surface area (Å²) in [6.45, 7) is 6.56. The Hall–Kier alpha value is -4.01. The first-order valence-electron chi connectivity index (χ1n) is 11.4. The third-order valence-electron chi connectivity index (χ3n) is 5.63. The summed E-state index contributed by atoms with van der Waals surface area (Å²) in [5.41, 5.74) is 3.57. The first kappa shape index (κ1) is 27.6. The maximum atomic E-state index is 12.5. The van der Waals surface area contributed by atoms with Crippen molar-refractivity contribution in [3.8, 4) is 22.6 Å². The van der Waals surface area contributed by atoms with Crippen molar-refractivity contribution in [2.75, 3.05) is 11.9 Å². The number of halogens is 3. The lowest BCUT2D eigenvalue weighted by atomic mass is 9.87. The van der Waals surface area contributed by atoms with Gasteiger partial charge < -0.3 is 19.5 Å². The number of aliphatic carboxylic acids is 1. The summed E-state index contributed by atoms with van der Waals surface area (Å²) in [5, 5.41) is 9.05. The molecule has 0 radical (unpaired) electrons. The van der Waals surface area contributed by atoms with Crippen LogP contribution in [0.1, 0.15) is 38.3 Å². The number of hydrogen-bond donors (Lipinski definition) is 1. The molecular weight excluding hydrogens is 487 g/mol. The predicted octanol–water partition coefficient (Wildman–Crippen LogP) is 6.57. The number of rotatable bonds is 8. The van der Waals surface area contributed by atoms with Crippen molar-refractivity contribution in [1.82, 2.24) is 0 Å². The fourth-order valence-corrected chi connectivity index (χ4v) is 3.57. The molecule has 1 N–H and O–H groups in total. The van der Waals surface area contributed by atoms with Crippen molar-refractivity contribution in [3.05, 3.63) is 77.9 Å². The molecule has 3 aromatic carbocycles. The summed E-state index contributed by atoms with van der Waals surface area (Å²) in [6, 6.07) is 18.2. The van der Waals surface area contributed by atoms with E-state index in [0.717, 1.165) is 5.56 Å². The Balaban J connectivity index is 1.89. The van der Waals surface area contributed by atoms with E-state index in [-0.39, 0.29) is 17.8 Å². The highest BCUT2D eigenvalue weighted by molar-refractivity contribution is 6.03. The molecule has 0 atom stereocenters. The van der Waals surface area contributed by atoms with Crippen LogP contribution in [0.3, 0.4) is 0 Å². The van der Waals surface area contributed by atoms with Gasteiger partial charge >= 0.3 is 12.3 Å². The lowest BCUT2D eigenvalue weighted by Gasteiger charge is -2.22. The SMILES string of the molecule is CN(C(=O)CC(=O)O)c1cc(-c2ccc(OC(F)(F)F)cc2)ccc1OCc1ccc(C(C)(C)C)cc1. The minimum Gasteiger partial charge on any atom is -0.487 e. The molecule has 0 saturated carbocycles. The number of benzene rings is 3. The summed E-state index contributed by atoms with van der Waals surface area (Å²) in [4.78, 5) is 24.8. The number of carboxylic acid groups (broad SMARTS) is 1. The van der Waals surface area contributed by atoms with Crippen LogP contribution in [-0.2, 0) is 21.6 Å². The average Bonchev–Trinajstić information content (AvgIpc) is 2.81. The Bertz CT molecular complexity index is 1250. The molecule has 0 fully saturated rings. The zero-order valence-electron chi connectivity index (χ0n) is 20.9. The van der Waals surface area contributed by atoms with Crippen LogP contribution in [0.25, 0.3) is 11.1 Å². The van der Waals surface area contributed by atoms with Crippen molar-refractivity contribution in [3.63, 3.8) is 0 Å². The Morgan fingerprint density at radius 2 is 1.49 bits per heavy atom. The molecule has 37 heavy (non-hydrogen) atoms. The minimum absolute atomic E-state index is 0.00662. The lowest BCUT2D eigenvalue weighted by molar-refractivity contribution is -0.274. The van der Waals surface area contributed by atoms with Crippen molar-refractivity contribution in [1.29, 1.82) is 0 Å². The summed E-state index contributed by atoms with van der Waals surface area (Å²) in [6.07, 6.45) is -5.51. The van der Waals surface area contributed by atoms with Gasteiger partial charge in [-0.2, -0.15) is 0 Å². The number of hydrogen-bond acceptors (Lipinski definition) is 4. The van der Waals surface area contributed by atoms with Crippen LogP contribution in [0, 0.1) is 0 Å². The highest BCUT2D eigenvalue weighted by Crippen LogP contribution is 2.35. The second-order valence-electron chi connectivity index (χ2n) is 9.51. The Morgan fingerprint density at radius 3 is 2.03 bits per heavy atom. The quantitative estimate of drug-likeness (QED) is 0.344. The van der Waals surface area contributed by atoms with E-state index >= 15 is 0 Å². The van der Waals surface area contributed by atoms with Gasteiger partial charge in [0, 0.05) is 7.05 Å². The maximum absolute atomic E-state index is 12.5. The number of amides is 1. The van der Waals surface area contributed by atoms with Crippen molar-refractivity contribution < 1.29 is 37.3 Å². The second-order valence-corrected chi connectivity index (χ2v) is 9.51. The van der Waals surface area contributed by atoms with Crippen molar-refractivity contribution in [2.24, 2.45) is 0 Å². The molecular formula is C28H28F3NO5. The number of ether oxygens (including phenoxy) is 2. The van der Waals surface area contributed by atoms with Gasteiger partial charge in [0.1, 0.15) is 24.5 Å². The largest absolute Gasteiger partial charge is 0.573 e. The summed E-state index contributed by atoms with van der Waals surface area (Å²) in [5.74, 6) is -1.93. The van der Waals surface area contributed by atoms with E-state index < -0.39 is 24.7 Å². The van der Waals surface area contributed by atoms with E-state index in [2.05, 4.69) is 25.5 Å². The topological polar surface area (TPSA) is 76.1 Å². The maximum Gasteiger partial charge on any atom is 0.573 e. The van der Waals surface area contributed by atoms with Gasteiger partial charge in [-0.15, -0.1) is 13.2 Å². The van der Waals surface area contributed by atoms with Gasteiger partial charge in [0.25, 0.3) is 0 Å². The number of carboxylic acids is 1. The molecule has 0 aliphatic rings. The van der Waals surface area contributed by atoms with Gasteiger partial charge in [-0.25, -0.2) is 0 Å². The third-order valence-corrected chi connectivity index (χ3v) is 5.63. The predicted molar refractivity (Wildman–Crippen MR) is 134 cm³/mol. The van der Waals surface area contributed by atoms with E-state index in [1.165, 1.54) is 41.8 Å². The van der Waals surface area contributed by atoms with E-state index in [4.69, 9.17) is 9.84 Å². The molecule has 0 aliphatic heterocycles. The normalized spacial score (nSPS) is 11.6. The van der Waals surface area contributed by atoms with Crippen molar-refractivity contribution >= 4 is 17.6 Å². The van der Waals surface area contributed by atoms with Crippen LogP contribution >= 0.6 is 0 Å². The summed E-state index contributed by atoms with van der Waals surface area (Å²) in [7, 11) is 1.44. The highest BCUT2D eigenvalue weighted by atomic mass is 19.4. The van der Waals surface area contributed by atoms with Gasteiger partial charge in [0.2, 0.25) is 5.91 Å². The van der Waals surface area contributed by atoms with Gasteiger partial charge in [-0.3, -0.25) is 9.59 Å². The van der Waals surface area contributed by atoms with Crippen LogP contribution in [-0.4, -0.2) is 30.4 Å². The standard InChI is InChI=1S/C28H28F3NO5/c1-27(2,3)21-10-5-18(6-11-21)17-36-24-14-9-20(15-23(24)32(4)25(33)16-26(34)35)19-7-12-22(13-8-19)37-28(29,30)31/h5-15H,16-17H2,1-4H3,(H,34,35). The minimum atomic E-state index is -4.80. The van der Waals surface area contributed by atoms with Gasteiger partial charge in [0.15, 0.2) is 0 Å². The van der Waals surface area contributed by atoms with Crippen LogP contribution < -0.4 is 14.4 Å². The Kier molecular flexibility index (Phi) is 8.15. The fraction of sp³-hybridized carbons (Fsp3) is 0.286. The Morgan fingerprint density at radius 1 is 0.892 bits per heavy atom. The molecule has 0 unspecified atom stereocenters. The number of nitrogens with zero attached hydrogens (tertiary/aromatic N) is 1. The number of anilines is 1. The molecule has 0 heterocycles. The number of carbonyl (C=O) groups is 2. The number of alkyl halides is 3. The molecule has 1 amide bonds. The van der Waals surface area contributed by atoms with E-state index in [1.54, 1.807) is 18.2 Å². The summed E-state index contributed by atoms with van der Waals surface area (Å²) >= 11 is 0. The molecule has 196 valence electrons. The fourth-order valence-electron chi connectivity index (χ4n) is 3.57. The van der Waals surface area contributed by atoms with Crippen molar-refractivity contribution in [2.45, 2.75) is 45.6 Å². The van der Waals surface area contributed by atoms with E-state index in [1.807, 2.05) is 24.3 Å². The first-order chi connectivity index (χ1) is 17.2. The van der Waals surface area contributed by atoms with Crippen LogP contribution in [0.5, 0.6) is 11.5 Å². The molecule has 0 aliphatic carbocycles. The van der Waals surface area contributed by atoms with E-state index in [9.17, 15) is 22.8 Å². The molecule has 0 aromatic heterocycles. The lowest BCUT2D eigenvalue weighted by Crippen LogP contribution is -2.28. The first-order valence-corrected chi connectivity index (χ1v) is 11.4. The van der Waals surface area contributed by atoms with Crippen LogP contribution in [0.15, 0.2) is 66.7 Å². The molecule has 0 spiro atoms. The average molecular weight is 516 g/mol. The second kappa shape index (κ2) is 10.9. The molecule has 3 aromatic rings. The summed E-state index contributed by atoms with van der Waals surface area (Å²) < 4.78 is 47.3. The Labute approximate surface area is 213 Å². The van der Waals surface area contributed by atoms with Crippen LogP contribution in [0.4, 0.5) is 18.9 Å². The highest BCUT2D eigenvalue weighted by Gasteiger charge is 2.31. The molecule has 9 heteroatoms. The third kappa shape index (κ3) is 7.73. The molecule has 0 bridgehead atoms. The van der Waals surface area contributed by atoms with Gasteiger partial charge in [0.05, 0.1) is 5.69 Å². The molecule has 0 saturated heterocycles. The smallest absolute Gasteiger partial charge is 0.487 e. The van der Waals surface area contributed by atoms with Crippen LogP contribution in [0.2, 0.25) is 0 Å². The van der Waals surface area contributed by atoms with Gasteiger partial charge in [-0.1, -0.05) is 63.2 Å². The van der Waals surface area contributed by atoms with E-state index in [0.29, 0.717) is 22.6 Å². The zero-order chi connectivity index (χ0) is 27.4. The molecule has 6 nitrogen and oxygen atoms in total. The number of carbonyl (C=O) groups excluding carboxylic acids is 1. The zero-order valence-corrected chi connectivity index (χ0v) is 20.9. The monoisotopic (exact) mass is 515 g/mol. The van der Waals surface area contributed by atoms with Gasteiger partial charge in [-0.05, 0) is 51.9 Å².